The molecule has 1 amide bonds. The Hall–Kier alpha value is -2.08. The van der Waals surface area contributed by atoms with Gasteiger partial charge < -0.3 is 14.4 Å². The van der Waals surface area contributed by atoms with Crippen LogP contribution in [0.1, 0.15) is 48.9 Å². The minimum atomic E-state index is -0.0473. The zero-order valence-electron chi connectivity index (χ0n) is 16.4. The maximum Gasteiger partial charge on any atom is 0.223 e. The van der Waals surface area contributed by atoms with Crippen molar-refractivity contribution in [3.05, 3.63) is 23.8 Å². The Morgan fingerprint density at radius 1 is 0.963 bits per heavy atom. The molecule has 27 heavy (non-hydrogen) atoms. The Morgan fingerprint density at radius 3 is 2.26 bits per heavy atom. The molecule has 1 aliphatic carbocycles. The first-order chi connectivity index (χ1) is 13.1. The number of nitrogens with zero attached hydrogens (tertiary/aromatic N) is 2. The molecule has 0 unspecified atom stereocenters. The van der Waals surface area contributed by atoms with Gasteiger partial charge in [0.05, 0.1) is 14.2 Å². The standard InChI is InChI=1S/C21H30N2O4/c1-26-19-9-7-16(15-20(19)27-2)18(24)8-10-21(25)23-13-11-22(12-14-23)17-5-3-4-6-17/h7,9,15,17H,3-6,8,10-14H2,1-2H3. The van der Waals surface area contributed by atoms with Crippen LogP contribution in [0.4, 0.5) is 0 Å². The maximum atomic E-state index is 12.5. The molecule has 1 aliphatic heterocycles. The van der Waals surface area contributed by atoms with Crippen LogP contribution in [0.2, 0.25) is 0 Å². The molecule has 6 nitrogen and oxygen atoms in total. The lowest BCUT2D eigenvalue weighted by Gasteiger charge is -2.38. The molecule has 1 saturated carbocycles. The number of piperazine rings is 1. The van der Waals surface area contributed by atoms with E-state index in [9.17, 15) is 9.59 Å². The molecule has 6 heteroatoms. The summed E-state index contributed by atoms with van der Waals surface area (Å²) in [6.45, 7) is 3.47. The summed E-state index contributed by atoms with van der Waals surface area (Å²) < 4.78 is 10.4. The van der Waals surface area contributed by atoms with Gasteiger partial charge in [-0.15, -0.1) is 0 Å². The summed E-state index contributed by atoms with van der Waals surface area (Å²) in [5.74, 6) is 1.15. The van der Waals surface area contributed by atoms with Crippen molar-refractivity contribution >= 4 is 11.7 Å². The zero-order valence-corrected chi connectivity index (χ0v) is 16.4. The summed E-state index contributed by atoms with van der Waals surface area (Å²) in [6.07, 6.45) is 5.75. The van der Waals surface area contributed by atoms with Gasteiger partial charge in [-0.05, 0) is 31.0 Å². The molecule has 148 valence electrons. The van der Waals surface area contributed by atoms with E-state index in [1.54, 1.807) is 32.4 Å². The molecule has 2 aliphatic rings. The molecule has 0 radical (unpaired) electrons. The van der Waals surface area contributed by atoms with Gasteiger partial charge in [-0.25, -0.2) is 0 Å². The third-order valence-electron chi connectivity index (χ3n) is 5.78. The number of ether oxygens (including phenoxy) is 2. The molecule has 0 atom stereocenters. The molecule has 2 fully saturated rings. The van der Waals surface area contributed by atoms with Crippen molar-refractivity contribution < 1.29 is 19.1 Å². The number of ketones is 1. The Labute approximate surface area is 161 Å². The number of benzene rings is 1. The van der Waals surface area contributed by atoms with E-state index in [-0.39, 0.29) is 24.5 Å². The van der Waals surface area contributed by atoms with E-state index in [0.717, 1.165) is 26.2 Å². The van der Waals surface area contributed by atoms with Crippen molar-refractivity contribution in [1.82, 2.24) is 9.80 Å². The second-order valence-corrected chi connectivity index (χ2v) is 7.35. The van der Waals surface area contributed by atoms with Gasteiger partial charge in [-0.3, -0.25) is 14.5 Å². The smallest absolute Gasteiger partial charge is 0.223 e. The first-order valence-electron chi connectivity index (χ1n) is 9.89. The van der Waals surface area contributed by atoms with Crippen molar-refractivity contribution in [1.29, 1.82) is 0 Å². The minimum Gasteiger partial charge on any atom is -0.493 e. The number of carbonyl (C=O) groups excluding carboxylic acids is 2. The van der Waals surface area contributed by atoms with E-state index in [1.807, 2.05) is 4.90 Å². The van der Waals surface area contributed by atoms with Crippen molar-refractivity contribution in [3.8, 4) is 11.5 Å². The molecule has 0 N–H and O–H groups in total. The van der Waals surface area contributed by atoms with Crippen LogP contribution in [0, 0.1) is 0 Å². The zero-order chi connectivity index (χ0) is 19.2. The van der Waals surface area contributed by atoms with Crippen molar-refractivity contribution in [2.45, 2.75) is 44.6 Å². The Balaban J connectivity index is 1.47. The van der Waals surface area contributed by atoms with Crippen LogP contribution in [0.3, 0.4) is 0 Å². The van der Waals surface area contributed by atoms with Gasteiger partial charge in [0, 0.05) is 50.6 Å². The van der Waals surface area contributed by atoms with Crippen molar-refractivity contribution in [2.24, 2.45) is 0 Å². The maximum absolute atomic E-state index is 12.5. The summed E-state index contributed by atoms with van der Waals surface area (Å²) >= 11 is 0. The van der Waals surface area contributed by atoms with E-state index in [4.69, 9.17) is 9.47 Å². The Morgan fingerprint density at radius 2 is 1.63 bits per heavy atom. The molecule has 0 bridgehead atoms. The third kappa shape index (κ3) is 4.80. The lowest BCUT2D eigenvalue weighted by atomic mass is 10.1. The largest absolute Gasteiger partial charge is 0.493 e. The topological polar surface area (TPSA) is 59.1 Å². The summed E-state index contributed by atoms with van der Waals surface area (Å²) in [7, 11) is 3.10. The van der Waals surface area contributed by atoms with Crippen LogP contribution in [-0.2, 0) is 4.79 Å². The quantitative estimate of drug-likeness (QED) is 0.687. The third-order valence-corrected chi connectivity index (χ3v) is 5.78. The molecule has 0 spiro atoms. The summed E-state index contributed by atoms with van der Waals surface area (Å²) in [4.78, 5) is 29.4. The minimum absolute atomic E-state index is 0.0473. The van der Waals surface area contributed by atoms with Crippen LogP contribution in [0.15, 0.2) is 18.2 Å². The molecule has 1 aromatic carbocycles. The number of Topliss-reactive ketones (excluding diaryl/α,β-unsaturated/α-hetero) is 1. The summed E-state index contributed by atoms with van der Waals surface area (Å²) in [5, 5.41) is 0. The van der Waals surface area contributed by atoms with Crippen LogP contribution in [-0.4, -0.2) is 67.9 Å². The van der Waals surface area contributed by atoms with Crippen LogP contribution < -0.4 is 9.47 Å². The van der Waals surface area contributed by atoms with Crippen molar-refractivity contribution in [3.63, 3.8) is 0 Å². The van der Waals surface area contributed by atoms with Gasteiger partial charge in [0.2, 0.25) is 5.91 Å². The molecule has 0 aromatic heterocycles. The number of methoxy groups -OCH3 is 2. The van der Waals surface area contributed by atoms with E-state index in [0.29, 0.717) is 23.1 Å². The van der Waals surface area contributed by atoms with Gasteiger partial charge in [0.15, 0.2) is 17.3 Å². The van der Waals surface area contributed by atoms with E-state index >= 15 is 0 Å². The van der Waals surface area contributed by atoms with Gasteiger partial charge in [-0.2, -0.15) is 0 Å². The second kappa shape index (κ2) is 9.22. The van der Waals surface area contributed by atoms with Crippen molar-refractivity contribution in [2.75, 3.05) is 40.4 Å². The van der Waals surface area contributed by atoms with Gasteiger partial charge in [-0.1, -0.05) is 12.8 Å². The number of carbonyl (C=O) groups is 2. The van der Waals surface area contributed by atoms with Crippen LogP contribution in [0.25, 0.3) is 0 Å². The highest BCUT2D eigenvalue weighted by Gasteiger charge is 2.27. The molecule has 3 rings (SSSR count). The van der Waals surface area contributed by atoms with Gasteiger partial charge in [0.1, 0.15) is 0 Å². The fraction of sp³-hybridized carbons (Fsp3) is 0.619. The molecular formula is C21H30N2O4. The van der Waals surface area contributed by atoms with Gasteiger partial charge in [0.25, 0.3) is 0 Å². The highest BCUT2D eigenvalue weighted by Crippen LogP contribution is 2.28. The lowest BCUT2D eigenvalue weighted by Crippen LogP contribution is -2.51. The van der Waals surface area contributed by atoms with E-state index in [1.165, 1.54) is 25.7 Å². The predicted molar refractivity (Wildman–Crippen MR) is 104 cm³/mol. The monoisotopic (exact) mass is 374 g/mol. The molecule has 1 heterocycles. The van der Waals surface area contributed by atoms with E-state index in [2.05, 4.69) is 4.90 Å². The highest BCUT2D eigenvalue weighted by atomic mass is 16.5. The van der Waals surface area contributed by atoms with E-state index < -0.39 is 0 Å². The molecular weight excluding hydrogens is 344 g/mol. The van der Waals surface area contributed by atoms with Crippen LogP contribution >= 0.6 is 0 Å². The first-order valence-corrected chi connectivity index (χ1v) is 9.89. The fourth-order valence-electron chi connectivity index (χ4n) is 4.14. The average molecular weight is 374 g/mol. The summed E-state index contributed by atoms with van der Waals surface area (Å²) in [5.41, 5.74) is 0.548. The average Bonchev–Trinajstić information content (AvgIpc) is 3.26. The molecule has 1 saturated heterocycles. The first kappa shape index (κ1) is 19.7. The van der Waals surface area contributed by atoms with Gasteiger partial charge >= 0.3 is 0 Å². The summed E-state index contributed by atoms with van der Waals surface area (Å²) in [6, 6.07) is 5.82. The highest BCUT2D eigenvalue weighted by molar-refractivity contribution is 5.98. The number of rotatable bonds is 7. The predicted octanol–water partition coefficient (Wildman–Crippen LogP) is 2.75. The second-order valence-electron chi connectivity index (χ2n) is 7.35. The Kier molecular flexibility index (Phi) is 6.72. The number of hydrogen-bond acceptors (Lipinski definition) is 5. The number of hydrogen-bond donors (Lipinski definition) is 0. The number of amides is 1. The van der Waals surface area contributed by atoms with Crippen LogP contribution in [0.5, 0.6) is 11.5 Å². The normalized spacial score (nSPS) is 18.5. The lowest BCUT2D eigenvalue weighted by molar-refractivity contribution is -0.133. The fourth-order valence-corrected chi connectivity index (χ4v) is 4.14. The Bertz CT molecular complexity index is 662. The SMILES string of the molecule is COc1ccc(C(=O)CCC(=O)N2CCN(C3CCCC3)CC2)cc1OC. The molecule has 1 aromatic rings.